The van der Waals surface area contributed by atoms with Crippen molar-refractivity contribution in [3.8, 4) is 0 Å². The van der Waals surface area contributed by atoms with Gasteiger partial charge in [0.1, 0.15) is 0 Å². The van der Waals surface area contributed by atoms with E-state index in [1.54, 1.807) is 4.68 Å². The van der Waals surface area contributed by atoms with Gasteiger partial charge in [0.05, 0.1) is 19.3 Å². The van der Waals surface area contributed by atoms with E-state index < -0.39 is 6.10 Å². The third-order valence-corrected chi connectivity index (χ3v) is 3.50. The van der Waals surface area contributed by atoms with Gasteiger partial charge in [0, 0.05) is 24.4 Å². The third-order valence-electron chi connectivity index (χ3n) is 2.40. The summed E-state index contributed by atoms with van der Waals surface area (Å²) >= 11 is 1.44. The zero-order valence-electron chi connectivity index (χ0n) is 12.7. The van der Waals surface area contributed by atoms with Crippen molar-refractivity contribution >= 4 is 11.8 Å². The van der Waals surface area contributed by atoms with Crippen LogP contribution >= 0.6 is 11.8 Å². The standard InChI is InChI=1S/C12H25N5O2S/c1-5-19-8-10(18)9-20-11-14-15-16-17(11)7-6-13-12(2,3)4/h10,13,18H,5-9H2,1-4H3. The molecule has 0 fully saturated rings. The lowest BCUT2D eigenvalue weighted by Gasteiger charge is -2.20. The number of nitrogens with zero attached hydrogens (tertiary/aromatic N) is 4. The van der Waals surface area contributed by atoms with E-state index in [4.69, 9.17) is 4.74 Å². The highest BCUT2D eigenvalue weighted by Crippen LogP contribution is 2.14. The van der Waals surface area contributed by atoms with Crippen molar-refractivity contribution in [3.05, 3.63) is 0 Å². The van der Waals surface area contributed by atoms with E-state index in [0.29, 0.717) is 25.5 Å². The van der Waals surface area contributed by atoms with Crippen molar-refractivity contribution in [3.63, 3.8) is 0 Å². The van der Waals surface area contributed by atoms with Gasteiger partial charge in [-0.1, -0.05) is 11.8 Å². The molecule has 7 nitrogen and oxygen atoms in total. The molecule has 1 unspecified atom stereocenters. The lowest BCUT2D eigenvalue weighted by atomic mass is 10.1. The summed E-state index contributed by atoms with van der Waals surface area (Å²) in [6, 6.07) is 0. The molecule has 0 saturated heterocycles. The molecule has 1 rings (SSSR count). The Bertz CT molecular complexity index is 380. The van der Waals surface area contributed by atoms with Gasteiger partial charge in [-0.2, -0.15) is 0 Å². The lowest BCUT2D eigenvalue weighted by molar-refractivity contribution is 0.0551. The largest absolute Gasteiger partial charge is 0.390 e. The van der Waals surface area contributed by atoms with Gasteiger partial charge < -0.3 is 15.2 Å². The Hall–Kier alpha value is -0.700. The first kappa shape index (κ1) is 17.4. The van der Waals surface area contributed by atoms with Crippen LogP contribution in [0.5, 0.6) is 0 Å². The maximum Gasteiger partial charge on any atom is 0.209 e. The summed E-state index contributed by atoms with van der Waals surface area (Å²) < 4.78 is 6.91. The summed E-state index contributed by atoms with van der Waals surface area (Å²) in [4.78, 5) is 0. The van der Waals surface area contributed by atoms with Gasteiger partial charge in [0.2, 0.25) is 5.16 Å². The van der Waals surface area contributed by atoms with Crippen LogP contribution in [0.1, 0.15) is 27.7 Å². The van der Waals surface area contributed by atoms with E-state index in [-0.39, 0.29) is 5.54 Å². The molecular weight excluding hydrogens is 278 g/mol. The Balaban J connectivity index is 2.34. The number of nitrogens with one attached hydrogen (secondary N) is 1. The van der Waals surface area contributed by atoms with Gasteiger partial charge in [-0.25, -0.2) is 4.68 Å². The fourth-order valence-electron chi connectivity index (χ4n) is 1.45. The predicted molar refractivity (Wildman–Crippen MR) is 78.8 cm³/mol. The van der Waals surface area contributed by atoms with Crippen LogP contribution in [-0.2, 0) is 11.3 Å². The molecule has 1 aromatic rings. The number of hydrogen-bond donors (Lipinski definition) is 2. The normalized spacial score (nSPS) is 13.7. The second-order valence-corrected chi connectivity index (χ2v) is 6.47. The molecule has 0 aromatic carbocycles. The first-order chi connectivity index (χ1) is 9.42. The summed E-state index contributed by atoms with van der Waals surface area (Å²) in [6.07, 6.45) is -0.502. The summed E-state index contributed by atoms with van der Waals surface area (Å²) in [5.41, 5.74) is 0.0784. The monoisotopic (exact) mass is 303 g/mol. The van der Waals surface area contributed by atoms with Crippen LogP contribution in [0.2, 0.25) is 0 Å². The summed E-state index contributed by atoms with van der Waals surface area (Å²) in [6.45, 7) is 10.7. The number of hydrogen-bond acceptors (Lipinski definition) is 7. The van der Waals surface area contributed by atoms with Crippen LogP contribution in [-0.4, -0.2) is 62.5 Å². The Morgan fingerprint density at radius 1 is 1.45 bits per heavy atom. The fourth-order valence-corrected chi connectivity index (χ4v) is 2.26. The summed E-state index contributed by atoms with van der Waals surface area (Å²) in [5.74, 6) is 0.521. The zero-order valence-corrected chi connectivity index (χ0v) is 13.5. The van der Waals surface area contributed by atoms with E-state index in [9.17, 15) is 5.11 Å². The molecule has 0 amide bonds. The lowest BCUT2D eigenvalue weighted by Crippen LogP contribution is -2.38. The SMILES string of the molecule is CCOCC(O)CSc1nnnn1CCNC(C)(C)C. The highest BCUT2D eigenvalue weighted by Gasteiger charge is 2.12. The fraction of sp³-hybridized carbons (Fsp3) is 0.917. The second kappa shape index (κ2) is 8.56. The van der Waals surface area contributed by atoms with Crippen LogP contribution in [0.4, 0.5) is 0 Å². The molecule has 0 aliphatic rings. The van der Waals surface area contributed by atoms with Crippen molar-refractivity contribution in [2.75, 3.05) is 25.5 Å². The van der Waals surface area contributed by atoms with Gasteiger partial charge in [-0.3, -0.25) is 0 Å². The average Bonchev–Trinajstić information content (AvgIpc) is 2.80. The van der Waals surface area contributed by atoms with E-state index in [1.807, 2.05) is 6.92 Å². The molecule has 116 valence electrons. The molecule has 8 heteroatoms. The number of rotatable bonds is 9. The predicted octanol–water partition coefficient (Wildman–Crippen LogP) is 0.551. The molecular formula is C12H25N5O2S. The summed E-state index contributed by atoms with van der Waals surface area (Å²) in [7, 11) is 0. The Labute approximate surface area is 124 Å². The van der Waals surface area contributed by atoms with Gasteiger partial charge in [0.25, 0.3) is 0 Å². The highest BCUT2D eigenvalue weighted by molar-refractivity contribution is 7.99. The Morgan fingerprint density at radius 3 is 2.85 bits per heavy atom. The molecule has 0 spiro atoms. The second-order valence-electron chi connectivity index (χ2n) is 5.49. The molecule has 0 bridgehead atoms. The molecule has 0 radical (unpaired) electrons. The number of ether oxygens (including phenoxy) is 1. The minimum absolute atomic E-state index is 0.0784. The first-order valence-corrected chi connectivity index (χ1v) is 7.80. The maximum atomic E-state index is 9.72. The number of tetrazole rings is 1. The van der Waals surface area contributed by atoms with Gasteiger partial charge in [-0.05, 0) is 38.1 Å². The molecule has 1 aromatic heterocycles. The Morgan fingerprint density at radius 2 is 2.20 bits per heavy atom. The number of aliphatic hydroxyl groups is 1. The smallest absolute Gasteiger partial charge is 0.209 e. The number of aromatic nitrogens is 4. The van der Waals surface area contributed by atoms with Crippen molar-refractivity contribution in [2.45, 2.75) is 51.0 Å². The van der Waals surface area contributed by atoms with Crippen LogP contribution < -0.4 is 5.32 Å². The van der Waals surface area contributed by atoms with E-state index in [0.717, 1.165) is 11.7 Å². The summed E-state index contributed by atoms with van der Waals surface area (Å²) in [5, 5.41) is 25.4. The number of thioether (sulfide) groups is 1. The van der Waals surface area contributed by atoms with E-state index in [2.05, 4.69) is 41.6 Å². The third kappa shape index (κ3) is 7.18. The van der Waals surface area contributed by atoms with Gasteiger partial charge >= 0.3 is 0 Å². The molecule has 0 saturated carbocycles. The van der Waals surface area contributed by atoms with Crippen molar-refractivity contribution < 1.29 is 9.84 Å². The minimum atomic E-state index is -0.502. The molecule has 1 atom stereocenters. The van der Waals surface area contributed by atoms with Crippen molar-refractivity contribution in [1.29, 1.82) is 0 Å². The van der Waals surface area contributed by atoms with Crippen LogP contribution in [0.15, 0.2) is 5.16 Å². The minimum Gasteiger partial charge on any atom is -0.390 e. The van der Waals surface area contributed by atoms with Crippen LogP contribution in [0.3, 0.4) is 0 Å². The molecule has 0 aliphatic carbocycles. The topological polar surface area (TPSA) is 85.1 Å². The first-order valence-electron chi connectivity index (χ1n) is 6.82. The van der Waals surface area contributed by atoms with Crippen molar-refractivity contribution in [2.24, 2.45) is 0 Å². The molecule has 2 N–H and O–H groups in total. The Kier molecular flexibility index (Phi) is 7.42. The highest BCUT2D eigenvalue weighted by atomic mass is 32.2. The van der Waals surface area contributed by atoms with Crippen LogP contribution in [0, 0.1) is 0 Å². The zero-order chi connectivity index (χ0) is 15.0. The maximum absolute atomic E-state index is 9.72. The van der Waals surface area contributed by atoms with Crippen molar-refractivity contribution in [1.82, 2.24) is 25.5 Å². The van der Waals surface area contributed by atoms with E-state index >= 15 is 0 Å². The molecule has 0 aliphatic heterocycles. The van der Waals surface area contributed by atoms with Crippen LogP contribution in [0.25, 0.3) is 0 Å². The van der Waals surface area contributed by atoms with Gasteiger partial charge in [-0.15, -0.1) is 5.10 Å². The average molecular weight is 303 g/mol. The van der Waals surface area contributed by atoms with Gasteiger partial charge in [0.15, 0.2) is 0 Å². The number of aliphatic hydroxyl groups excluding tert-OH is 1. The molecule has 20 heavy (non-hydrogen) atoms. The molecule has 1 heterocycles. The van der Waals surface area contributed by atoms with E-state index in [1.165, 1.54) is 11.8 Å². The quantitative estimate of drug-likeness (QED) is 0.644.